The predicted molar refractivity (Wildman–Crippen MR) is 406 cm³/mol. The molecule has 39 heteroatoms. The van der Waals surface area contributed by atoms with Crippen molar-refractivity contribution < 1.29 is 170 Å². The normalized spacial score (nSPS) is 15.2. The summed E-state index contributed by atoms with van der Waals surface area (Å²) in [5.41, 5.74) is 3.84. The fourth-order valence-electron chi connectivity index (χ4n) is 11.6. The zero-order valence-electron chi connectivity index (χ0n) is 59.4. The molecule has 107 heavy (non-hydrogen) atoms. The quantitative estimate of drug-likeness (QED) is 0.0378. The second kappa shape index (κ2) is 43.8. The number of ether oxygens (including phenoxy) is 3. The zero-order valence-corrected chi connectivity index (χ0v) is 72.0. The van der Waals surface area contributed by atoms with Crippen LogP contribution in [0, 0.1) is 24.9 Å². The summed E-state index contributed by atoms with van der Waals surface area (Å²) in [6, 6.07) is 19.6. The number of pyridine rings is 3. The molecule has 0 saturated carbocycles. The van der Waals surface area contributed by atoms with Crippen molar-refractivity contribution in [1.82, 2.24) is 69.4 Å². The van der Waals surface area contributed by atoms with Gasteiger partial charge in [-0.25, -0.2) is 47.5 Å². The van der Waals surface area contributed by atoms with Gasteiger partial charge >= 0.3 is 103 Å². The number of nitrogens with zero attached hydrogens (tertiary/aromatic N) is 16. The van der Waals surface area contributed by atoms with Crippen molar-refractivity contribution in [2.75, 3.05) is 101 Å². The third-order valence-electron chi connectivity index (χ3n) is 16.5. The molecular weight excluding hydrogens is 1760 g/mol. The standard InChI is InChI=1S/C23H22ClFN6O3.C20H20ClFIN5O2.C14H17Cl2FN2O2.C6H4IN3.C3H3NO.CH2O3.CH4.2K.H/c1-14-12-29(18-11-19(33-2)16(24)10-17(18)25)7-8-30(14)20(32)13-31-22-15(4-3-5-26-22)21(28-31)23-27-6-9-34-23;1-12-10-26(16-9-17(30-2)14(21)8-15(16)22)6-7-27(12)18(29)11-28-20-13(19(23)25-28)4-3-5-24-20;1-9-8-18(3-4-19(9)14(20)7-15)12-6-13(21-2)10(16)5-11(12)17;7-5-4-2-1-3-8-6(4)10-9-5;1-2-5-3-4-1;2-1-4-3;;;;/h3-6,9-11,14H,7-8,12-13H2,1-2H3;3-5,8-9,12H,6-7,10-11H2,1-2H3;5-6,9H,3-4,7-8H2,1-2H3;1-3H,(H,8,9,10);1-3H;1,3H;1H4;;;/q;;;;;;;2*+1;-1/p-1/t14-;12-;9-;;;;;;;/m000......./s1. The largest absolute Gasteiger partial charge is 1.00 e. The van der Waals surface area contributed by atoms with Gasteiger partial charge in [-0.2, -0.15) is 15.3 Å². The molecule has 3 amide bonds. The zero-order chi connectivity index (χ0) is 74.7. The number of hydrogen-bond acceptors (Lipinski definition) is 22. The number of rotatable bonds is 13. The summed E-state index contributed by atoms with van der Waals surface area (Å²) < 4.78 is 73.7. The van der Waals surface area contributed by atoms with Crippen LogP contribution in [-0.4, -0.2) is 198 Å². The fourth-order valence-corrected chi connectivity index (χ4v) is 13.7. The average molecular weight is 1830 g/mol. The number of halogens is 9. The molecule has 0 radical (unpaired) electrons. The molecule has 0 bridgehead atoms. The maximum absolute atomic E-state index is 14.6. The summed E-state index contributed by atoms with van der Waals surface area (Å²) in [5, 5.41) is 27.7. The molecule has 3 aliphatic rings. The monoisotopic (exact) mass is 1830 g/mol. The number of hydrogen-bond donors (Lipinski definition) is 1. The molecule has 8 aromatic heterocycles. The van der Waals surface area contributed by atoms with Gasteiger partial charge in [0.05, 0.1) is 82.0 Å². The van der Waals surface area contributed by atoms with E-state index in [1.807, 2.05) is 70.7 Å². The number of alkyl halides is 1. The number of benzene rings is 3. The molecule has 3 fully saturated rings. The van der Waals surface area contributed by atoms with Gasteiger partial charge in [0, 0.05) is 114 Å². The number of nitrogens with one attached hydrogen (secondary N) is 1. The summed E-state index contributed by atoms with van der Waals surface area (Å²) >= 11 is 27.9. The molecule has 1 N–H and O–H groups in total. The first-order valence-corrected chi connectivity index (χ1v) is 35.4. The van der Waals surface area contributed by atoms with Gasteiger partial charge in [-0.05, 0) is 121 Å². The molecule has 560 valence electrons. The van der Waals surface area contributed by atoms with Crippen molar-refractivity contribution in [2.45, 2.75) is 59.4 Å². The number of H-pyrrole nitrogens is 1. The molecule has 28 nitrogen and oxygen atoms in total. The van der Waals surface area contributed by atoms with E-state index in [0.29, 0.717) is 116 Å². The Balaban J connectivity index is 0.000000257. The van der Waals surface area contributed by atoms with Gasteiger partial charge < -0.3 is 64.0 Å². The van der Waals surface area contributed by atoms with Crippen LogP contribution in [0.25, 0.3) is 44.7 Å². The average Bonchev–Trinajstić information content (AvgIpc) is 1.66. The van der Waals surface area contributed by atoms with Crippen LogP contribution in [0.5, 0.6) is 17.2 Å². The molecule has 3 atom stereocenters. The molecule has 3 saturated heterocycles. The van der Waals surface area contributed by atoms with E-state index in [0.717, 1.165) is 29.2 Å². The van der Waals surface area contributed by atoms with Crippen molar-refractivity contribution in [3.63, 3.8) is 0 Å². The minimum atomic E-state index is -0.425. The molecule has 11 heterocycles. The van der Waals surface area contributed by atoms with Crippen LogP contribution in [0.3, 0.4) is 0 Å². The number of carbonyl (C=O) groups excluding carboxylic acids is 4. The van der Waals surface area contributed by atoms with Crippen LogP contribution in [0.2, 0.25) is 15.1 Å². The van der Waals surface area contributed by atoms with Crippen LogP contribution in [0.4, 0.5) is 30.2 Å². The van der Waals surface area contributed by atoms with Crippen molar-refractivity contribution in [3.05, 3.63) is 163 Å². The fraction of sp³-hybridized carbons (Fsp3) is 0.324. The number of aromatic amines is 1. The predicted octanol–water partition coefficient (Wildman–Crippen LogP) is 5.39. The molecule has 14 rings (SSSR count). The second-order valence-electron chi connectivity index (χ2n) is 22.9. The Morgan fingerprint density at radius 1 is 0.617 bits per heavy atom. The Kier molecular flexibility index (Phi) is 36.9. The van der Waals surface area contributed by atoms with Gasteiger partial charge in [-0.3, -0.25) is 24.3 Å². The maximum Gasteiger partial charge on any atom is 1.00 e. The Morgan fingerprint density at radius 2 is 1.05 bits per heavy atom. The summed E-state index contributed by atoms with van der Waals surface area (Å²) in [6.07, 6.45) is 12.6. The van der Waals surface area contributed by atoms with E-state index in [9.17, 15) is 27.6 Å². The van der Waals surface area contributed by atoms with Gasteiger partial charge in [0.25, 0.3) is 6.47 Å². The molecule has 0 unspecified atom stereocenters. The molecule has 11 aromatic rings. The molecule has 3 aliphatic heterocycles. The van der Waals surface area contributed by atoms with Gasteiger partial charge in [0.2, 0.25) is 23.6 Å². The first kappa shape index (κ1) is 90.2. The number of oxazole rings is 2. The number of methoxy groups -OCH3 is 3. The third kappa shape index (κ3) is 23.2. The van der Waals surface area contributed by atoms with Crippen LogP contribution < -0.4 is 137 Å². The Bertz CT molecular complexity index is 4710. The van der Waals surface area contributed by atoms with Gasteiger partial charge in [0.15, 0.2) is 29.0 Å². The topological polar surface area (TPSA) is 303 Å². The molecule has 3 aromatic carbocycles. The van der Waals surface area contributed by atoms with Gasteiger partial charge in [-0.15, -0.1) is 11.6 Å². The number of anilines is 3. The Morgan fingerprint density at radius 3 is 1.43 bits per heavy atom. The van der Waals surface area contributed by atoms with Gasteiger partial charge in [-0.1, -0.05) is 42.2 Å². The molecule has 0 aliphatic carbocycles. The van der Waals surface area contributed by atoms with Crippen molar-refractivity contribution in [2.24, 2.45) is 0 Å². The minimum Gasteiger partial charge on any atom is -1.00 e. The summed E-state index contributed by atoms with van der Waals surface area (Å²) in [4.78, 5) is 80.7. The van der Waals surface area contributed by atoms with Gasteiger partial charge in [0.1, 0.15) is 73.6 Å². The van der Waals surface area contributed by atoms with Crippen LogP contribution in [0.1, 0.15) is 29.6 Å². The Hall–Kier alpha value is -5.74. The van der Waals surface area contributed by atoms with Crippen molar-refractivity contribution in [3.8, 4) is 28.8 Å². The summed E-state index contributed by atoms with van der Waals surface area (Å²) in [5.74, 6) is 0.124. The molecular formula is C68H72Cl4F3I2K2N17O11. The number of amides is 3. The number of piperazine rings is 3. The van der Waals surface area contributed by atoms with Crippen LogP contribution >= 0.6 is 91.6 Å². The van der Waals surface area contributed by atoms with Crippen LogP contribution in [0.15, 0.2) is 132 Å². The Labute approximate surface area is 747 Å². The second-order valence-corrected chi connectivity index (χ2v) is 26.5. The van der Waals surface area contributed by atoms with Crippen molar-refractivity contribution in [1.29, 1.82) is 0 Å². The maximum atomic E-state index is 14.6. The van der Waals surface area contributed by atoms with Crippen LogP contribution in [-0.2, 0) is 37.2 Å². The smallest absolute Gasteiger partial charge is 1.00 e. The number of fused-ring (bicyclic) bond motifs is 3. The van der Waals surface area contributed by atoms with E-state index in [4.69, 9.17) is 75.1 Å². The first-order valence-electron chi connectivity index (χ1n) is 31.6. The van der Waals surface area contributed by atoms with E-state index in [1.54, 1.807) is 74.4 Å². The number of carbonyl (C=O) groups is 4. The van der Waals surface area contributed by atoms with E-state index in [2.05, 4.69) is 99.8 Å². The van der Waals surface area contributed by atoms with Crippen molar-refractivity contribution >= 4 is 166 Å². The first-order chi connectivity index (χ1) is 50.1. The molecule has 0 spiro atoms. The third-order valence-corrected chi connectivity index (χ3v) is 19.2. The number of aromatic nitrogens is 11. The SMILES string of the molecule is C.COc1cc(N2CCN(C(=O)CCl)[C@@H](C)C2)c(F)cc1Cl.COc1cc(N2CCN(C(=O)Cn3nc(-c4ncco4)c4cccnc43)[C@@H](C)C2)c(F)cc1Cl.COc1cc(N2CCN(C(=O)Cn3nc(I)c4cccnc43)[C@@H](C)C2)c(F)cc1Cl.Ic1[nH]nc2ncccc12.O=CO[O-].[H-].[K+].[K+].c1cocn1. The van der Waals surface area contributed by atoms with E-state index in [-0.39, 0.29) is 188 Å². The summed E-state index contributed by atoms with van der Waals surface area (Å²) in [6.45, 7) is 10.2. The van der Waals surface area contributed by atoms with E-state index >= 15 is 0 Å². The minimum absolute atomic E-state index is 0. The van der Waals surface area contributed by atoms with E-state index in [1.165, 1.54) is 58.4 Å². The van der Waals surface area contributed by atoms with E-state index < -0.39 is 17.5 Å². The summed E-state index contributed by atoms with van der Waals surface area (Å²) in [7, 11) is 4.48.